The van der Waals surface area contributed by atoms with Crippen LogP contribution in [0.25, 0.3) is 0 Å². The van der Waals surface area contributed by atoms with Crippen molar-refractivity contribution >= 4 is 21.7 Å². The van der Waals surface area contributed by atoms with Crippen molar-refractivity contribution in [3.63, 3.8) is 0 Å². The molecule has 0 heterocycles. The first-order valence-electron chi connectivity index (χ1n) is 5.64. The number of nitrogens with one attached hydrogen (secondary N) is 1. The van der Waals surface area contributed by atoms with E-state index in [9.17, 15) is 13.2 Å². The number of sulfonamides is 1. The molecule has 1 aromatic carbocycles. The van der Waals surface area contributed by atoms with Gasteiger partial charge < -0.3 is 5.11 Å². The average Bonchev–Trinajstić information content (AvgIpc) is 2.27. The lowest BCUT2D eigenvalue weighted by atomic mass is 10.1. The highest BCUT2D eigenvalue weighted by atomic mass is 32.2. The number of carbonyl (C=O) groups is 1. The standard InChI is InChI=1S/C12H17NO4S/c1-9(2)18(16,17)13-11-6-4-3-5-10(11)7-8-12(14)15/h3-6,9,13H,7-8H2,1-2H3,(H,14,15). The highest BCUT2D eigenvalue weighted by Gasteiger charge is 2.17. The third-order valence-corrected chi connectivity index (χ3v) is 4.24. The van der Waals surface area contributed by atoms with Crippen LogP contribution in [0.4, 0.5) is 5.69 Å². The molecule has 0 fully saturated rings. The largest absolute Gasteiger partial charge is 0.481 e. The third kappa shape index (κ3) is 4.03. The number of rotatable bonds is 6. The fourth-order valence-corrected chi connectivity index (χ4v) is 2.09. The molecule has 0 spiro atoms. The Morgan fingerprint density at radius 3 is 2.50 bits per heavy atom. The van der Waals surface area contributed by atoms with E-state index in [4.69, 9.17) is 5.11 Å². The van der Waals surface area contributed by atoms with E-state index in [-0.39, 0.29) is 6.42 Å². The van der Waals surface area contributed by atoms with Crippen LogP contribution >= 0.6 is 0 Å². The van der Waals surface area contributed by atoms with E-state index in [2.05, 4.69) is 4.72 Å². The third-order valence-electron chi connectivity index (χ3n) is 2.50. The smallest absolute Gasteiger partial charge is 0.303 e. The minimum Gasteiger partial charge on any atom is -0.481 e. The van der Waals surface area contributed by atoms with Gasteiger partial charge in [0.1, 0.15) is 0 Å². The van der Waals surface area contributed by atoms with Gasteiger partial charge in [-0.05, 0) is 31.9 Å². The highest BCUT2D eigenvalue weighted by Crippen LogP contribution is 2.19. The quantitative estimate of drug-likeness (QED) is 0.827. The molecule has 0 atom stereocenters. The Hall–Kier alpha value is -1.56. The number of carboxylic acid groups (broad SMARTS) is 1. The van der Waals surface area contributed by atoms with Crippen molar-refractivity contribution in [2.75, 3.05) is 4.72 Å². The molecule has 0 amide bonds. The molecule has 6 heteroatoms. The maximum absolute atomic E-state index is 11.8. The van der Waals surface area contributed by atoms with Crippen LogP contribution in [0.1, 0.15) is 25.8 Å². The molecular weight excluding hydrogens is 254 g/mol. The Morgan fingerprint density at radius 1 is 1.33 bits per heavy atom. The minimum atomic E-state index is -3.41. The number of benzene rings is 1. The van der Waals surface area contributed by atoms with E-state index in [0.717, 1.165) is 0 Å². The lowest BCUT2D eigenvalue weighted by Gasteiger charge is -2.14. The molecule has 1 rings (SSSR count). The van der Waals surface area contributed by atoms with Gasteiger partial charge in [0.2, 0.25) is 10.0 Å². The molecule has 0 saturated heterocycles. The van der Waals surface area contributed by atoms with E-state index in [1.165, 1.54) is 0 Å². The first kappa shape index (κ1) is 14.5. The molecule has 0 aliphatic rings. The van der Waals surface area contributed by atoms with Crippen LogP contribution in [0.3, 0.4) is 0 Å². The van der Waals surface area contributed by atoms with Gasteiger partial charge in [-0.25, -0.2) is 8.42 Å². The van der Waals surface area contributed by atoms with Crippen molar-refractivity contribution in [1.82, 2.24) is 0 Å². The van der Waals surface area contributed by atoms with Gasteiger partial charge in [-0.1, -0.05) is 18.2 Å². The number of hydrogen-bond acceptors (Lipinski definition) is 3. The average molecular weight is 271 g/mol. The summed E-state index contributed by atoms with van der Waals surface area (Å²) in [5.74, 6) is -0.906. The zero-order valence-corrected chi connectivity index (χ0v) is 11.2. The number of para-hydroxylation sites is 1. The predicted molar refractivity (Wildman–Crippen MR) is 70.1 cm³/mol. The highest BCUT2D eigenvalue weighted by molar-refractivity contribution is 7.93. The molecule has 0 radical (unpaired) electrons. The van der Waals surface area contributed by atoms with E-state index in [1.807, 2.05) is 0 Å². The summed E-state index contributed by atoms with van der Waals surface area (Å²) in [6, 6.07) is 6.82. The lowest BCUT2D eigenvalue weighted by Crippen LogP contribution is -2.23. The Kier molecular flexibility index (Phi) is 4.72. The van der Waals surface area contributed by atoms with Crippen molar-refractivity contribution in [3.8, 4) is 0 Å². The van der Waals surface area contributed by atoms with Crippen molar-refractivity contribution < 1.29 is 18.3 Å². The van der Waals surface area contributed by atoms with Gasteiger partial charge in [0, 0.05) is 6.42 Å². The molecular formula is C12H17NO4S. The van der Waals surface area contributed by atoms with Gasteiger partial charge in [0.05, 0.1) is 10.9 Å². The molecule has 1 aromatic rings. The molecule has 0 aliphatic heterocycles. The number of carboxylic acids is 1. The van der Waals surface area contributed by atoms with Crippen molar-refractivity contribution in [3.05, 3.63) is 29.8 Å². The molecule has 0 aromatic heterocycles. The molecule has 18 heavy (non-hydrogen) atoms. The monoisotopic (exact) mass is 271 g/mol. The number of aryl methyl sites for hydroxylation is 1. The van der Waals surface area contributed by atoms with Gasteiger partial charge in [0.25, 0.3) is 0 Å². The van der Waals surface area contributed by atoms with Crippen molar-refractivity contribution in [1.29, 1.82) is 0 Å². The topological polar surface area (TPSA) is 83.5 Å². The molecule has 0 bridgehead atoms. The van der Waals surface area contributed by atoms with E-state index >= 15 is 0 Å². The van der Waals surface area contributed by atoms with Gasteiger partial charge in [-0.2, -0.15) is 0 Å². The second-order valence-corrected chi connectivity index (χ2v) is 6.48. The number of anilines is 1. The van der Waals surface area contributed by atoms with Crippen LogP contribution < -0.4 is 4.72 Å². The molecule has 100 valence electrons. The molecule has 0 aliphatic carbocycles. The summed E-state index contributed by atoms with van der Waals surface area (Å²) in [6.45, 7) is 3.17. The Labute approximate surface area is 107 Å². The van der Waals surface area contributed by atoms with Crippen LogP contribution in [0.5, 0.6) is 0 Å². The van der Waals surface area contributed by atoms with Gasteiger partial charge in [-0.15, -0.1) is 0 Å². The second kappa shape index (κ2) is 5.86. The Morgan fingerprint density at radius 2 is 1.94 bits per heavy atom. The number of hydrogen-bond donors (Lipinski definition) is 2. The van der Waals surface area contributed by atoms with Crippen LogP contribution in [0, 0.1) is 0 Å². The Balaban J connectivity index is 2.92. The summed E-state index contributed by atoms with van der Waals surface area (Å²) in [4.78, 5) is 10.5. The van der Waals surface area contributed by atoms with Gasteiger partial charge in [0.15, 0.2) is 0 Å². The first-order valence-corrected chi connectivity index (χ1v) is 7.19. The molecule has 0 unspecified atom stereocenters. The van der Waals surface area contributed by atoms with Crippen molar-refractivity contribution in [2.45, 2.75) is 31.9 Å². The van der Waals surface area contributed by atoms with Crippen LogP contribution in [-0.2, 0) is 21.2 Å². The summed E-state index contributed by atoms with van der Waals surface area (Å²) in [7, 11) is -3.41. The summed E-state index contributed by atoms with van der Waals surface area (Å²) in [6.07, 6.45) is 0.270. The number of aliphatic carboxylic acids is 1. The van der Waals surface area contributed by atoms with E-state index in [0.29, 0.717) is 17.7 Å². The van der Waals surface area contributed by atoms with E-state index in [1.54, 1.807) is 38.1 Å². The summed E-state index contributed by atoms with van der Waals surface area (Å²) < 4.78 is 26.0. The van der Waals surface area contributed by atoms with Crippen molar-refractivity contribution in [2.24, 2.45) is 0 Å². The molecule has 2 N–H and O–H groups in total. The minimum absolute atomic E-state index is 0.0274. The van der Waals surface area contributed by atoms with Crippen LogP contribution in [0.2, 0.25) is 0 Å². The first-order chi connectivity index (χ1) is 8.33. The zero-order chi connectivity index (χ0) is 13.8. The van der Waals surface area contributed by atoms with E-state index < -0.39 is 21.2 Å². The second-order valence-electron chi connectivity index (χ2n) is 4.25. The van der Waals surface area contributed by atoms with Gasteiger partial charge in [-0.3, -0.25) is 9.52 Å². The normalized spacial score (nSPS) is 11.5. The Bertz CT molecular complexity index is 523. The summed E-state index contributed by atoms with van der Waals surface area (Å²) in [5.41, 5.74) is 1.14. The SMILES string of the molecule is CC(C)S(=O)(=O)Nc1ccccc1CCC(=O)O. The molecule has 0 saturated carbocycles. The van der Waals surface area contributed by atoms with Crippen LogP contribution in [-0.4, -0.2) is 24.7 Å². The zero-order valence-electron chi connectivity index (χ0n) is 10.4. The van der Waals surface area contributed by atoms with Crippen LogP contribution in [0.15, 0.2) is 24.3 Å². The molecule has 5 nitrogen and oxygen atoms in total. The summed E-state index contributed by atoms with van der Waals surface area (Å²) >= 11 is 0. The maximum atomic E-state index is 11.8. The fraction of sp³-hybridized carbons (Fsp3) is 0.417. The lowest BCUT2D eigenvalue weighted by molar-refractivity contribution is -0.136. The predicted octanol–water partition coefficient (Wildman–Crippen LogP) is 1.85. The maximum Gasteiger partial charge on any atom is 0.303 e. The van der Waals surface area contributed by atoms with Gasteiger partial charge >= 0.3 is 5.97 Å². The summed E-state index contributed by atoms with van der Waals surface area (Å²) in [5, 5.41) is 8.11. The fourth-order valence-electron chi connectivity index (χ4n) is 1.35.